The third-order valence-corrected chi connectivity index (χ3v) is 3.32. The van der Waals surface area contributed by atoms with Gasteiger partial charge in [0.2, 0.25) is 0 Å². The van der Waals surface area contributed by atoms with Crippen molar-refractivity contribution in [2.45, 2.75) is 19.6 Å². The number of hydrogen-bond acceptors (Lipinski definition) is 2. The quantitative estimate of drug-likeness (QED) is 0.878. The SMILES string of the molecule is Cc1c(C(=O)NCc2c(F)cccc2F)c(C(F)(F)F)nn1C. The first-order valence-electron chi connectivity index (χ1n) is 6.44. The number of nitrogens with zero attached hydrogens (tertiary/aromatic N) is 2. The normalized spacial score (nSPS) is 11.6. The molecule has 1 N–H and O–H groups in total. The van der Waals surface area contributed by atoms with Crippen molar-refractivity contribution in [1.29, 1.82) is 0 Å². The molecule has 1 heterocycles. The third-order valence-electron chi connectivity index (χ3n) is 3.32. The van der Waals surface area contributed by atoms with Crippen LogP contribution >= 0.6 is 0 Å². The number of nitrogens with one attached hydrogen (secondary N) is 1. The van der Waals surface area contributed by atoms with Crippen LogP contribution in [-0.4, -0.2) is 15.7 Å². The molecular formula is C14H12F5N3O. The second-order valence-corrected chi connectivity index (χ2v) is 4.81. The Hall–Kier alpha value is -2.45. The van der Waals surface area contributed by atoms with E-state index >= 15 is 0 Å². The fourth-order valence-electron chi connectivity index (χ4n) is 2.04. The first-order chi connectivity index (χ1) is 10.6. The highest BCUT2D eigenvalue weighted by molar-refractivity contribution is 5.96. The summed E-state index contributed by atoms with van der Waals surface area (Å²) in [5.41, 5.74) is -2.46. The fraction of sp³-hybridized carbons (Fsp3) is 0.286. The largest absolute Gasteiger partial charge is 0.435 e. The van der Waals surface area contributed by atoms with Gasteiger partial charge in [0, 0.05) is 24.8 Å². The summed E-state index contributed by atoms with van der Waals surface area (Å²) in [7, 11) is 1.26. The van der Waals surface area contributed by atoms with Gasteiger partial charge in [-0.25, -0.2) is 8.78 Å². The van der Waals surface area contributed by atoms with Gasteiger partial charge >= 0.3 is 6.18 Å². The van der Waals surface area contributed by atoms with E-state index in [1.807, 2.05) is 0 Å². The second kappa shape index (κ2) is 5.98. The first kappa shape index (κ1) is 16.9. The average molecular weight is 333 g/mol. The molecule has 2 rings (SSSR count). The van der Waals surface area contributed by atoms with Crippen LogP contribution in [0.25, 0.3) is 0 Å². The Morgan fingerprint density at radius 3 is 2.35 bits per heavy atom. The summed E-state index contributed by atoms with van der Waals surface area (Å²) in [5.74, 6) is -2.90. The van der Waals surface area contributed by atoms with Crippen molar-refractivity contribution < 1.29 is 26.7 Å². The van der Waals surface area contributed by atoms with E-state index in [1.54, 1.807) is 0 Å². The lowest BCUT2D eigenvalue weighted by atomic mass is 10.1. The number of carbonyl (C=O) groups excluding carboxylic acids is 1. The summed E-state index contributed by atoms with van der Waals surface area (Å²) in [6.07, 6.45) is -4.82. The topological polar surface area (TPSA) is 46.9 Å². The predicted octanol–water partition coefficient (Wildman–Crippen LogP) is 2.96. The Kier molecular flexibility index (Phi) is 4.39. The van der Waals surface area contributed by atoms with Gasteiger partial charge in [0.05, 0.1) is 5.56 Å². The molecule has 0 aliphatic heterocycles. The highest BCUT2D eigenvalue weighted by atomic mass is 19.4. The summed E-state index contributed by atoms with van der Waals surface area (Å²) in [6.45, 7) is 0.712. The fourth-order valence-corrected chi connectivity index (χ4v) is 2.04. The molecule has 2 aromatic rings. The van der Waals surface area contributed by atoms with Crippen LogP contribution in [0.4, 0.5) is 22.0 Å². The molecule has 0 radical (unpaired) electrons. The van der Waals surface area contributed by atoms with Crippen LogP contribution in [-0.2, 0) is 19.8 Å². The van der Waals surface area contributed by atoms with E-state index in [4.69, 9.17) is 0 Å². The molecule has 124 valence electrons. The lowest BCUT2D eigenvalue weighted by Gasteiger charge is -2.09. The molecule has 0 fully saturated rings. The van der Waals surface area contributed by atoms with E-state index in [0.29, 0.717) is 0 Å². The number of carbonyl (C=O) groups is 1. The van der Waals surface area contributed by atoms with Crippen molar-refractivity contribution in [2.75, 3.05) is 0 Å². The van der Waals surface area contributed by atoms with Crippen LogP contribution in [0.15, 0.2) is 18.2 Å². The van der Waals surface area contributed by atoms with Crippen LogP contribution in [0.1, 0.15) is 27.3 Å². The Labute approximate surface area is 127 Å². The van der Waals surface area contributed by atoms with Gasteiger partial charge in [-0.1, -0.05) is 6.07 Å². The molecule has 0 saturated carbocycles. The number of aromatic nitrogens is 2. The van der Waals surface area contributed by atoms with Gasteiger partial charge in [-0.05, 0) is 19.1 Å². The molecule has 0 unspecified atom stereocenters. The zero-order valence-electron chi connectivity index (χ0n) is 12.1. The first-order valence-corrected chi connectivity index (χ1v) is 6.44. The van der Waals surface area contributed by atoms with E-state index in [2.05, 4.69) is 10.4 Å². The van der Waals surface area contributed by atoms with Crippen molar-refractivity contribution in [1.82, 2.24) is 15.1 Å². The smallest absolute Gasteiger partial charge is 0.348 e. The van der Waals surface area contributed by atoms with Crippen LogP contribution in [0.5, 0.6) is 0 Å². The van der Waals surface area contributed by atoms with E-state index < -0.39 is 47.1 Å². The number of rotatable bonds is 3. The summed E-state index contributed by atoms with van der Waals surface area (Å²) < 4.78 is 66.6. The average Bonchev–Trinajstić information content (AvgIpc) is 2.74. The van der Waals surface area contributed by atoms with E-state index in [9.17, 15) is 26.7 Å². The minimum Gasteiger partial charge on any atom is -0.348 e. The predicted molar refractivity (Wildman–Crippen MR) is 70.5 cm³/mol. The Morgan fingerprint density at radius 1 is 1.26 bits per heavy atom. The van der Waals surface area contributed by atoms with E-state index in [0.717, 1.165) is 22.9 Å². The van der Waals surface area contributed by atoms with Crippen molar-refractivity contribution in [2.24, 2.45) is 7.05 Å². The molecule has 23 heavy (non-hydrogen) atoms. The number of hydrogen-bond donors (Lipinski definition) is 1. The molecule has 1 aromatic carbocycles. The van der Waals surface area contributed by atoms with Gasteiger partial charge in [0.1, 0.15) is 11.6 Å². The number of alkyl halides is 3. The van der Waals surface area contributed by atoms with Gasteiger partial charge in [-0.2, -0.15) is 18.3 Å². The van der Waals surface area contributed by atoms with Crippen LogP contribution in [0.3, 0.4) is 0 Å². The summed E-state index contributed by atoms with van der Waals surface area (Å²) in [5, 5.41) is 5.37. The molecule has 1 amide bonds. The lowest BCUT2D eigenvalue weighted by molar-refractivity contribution is -0.141. The Bertz CT molecular complexity index is 731. The van der Waals surface area contributed by atoms with Crippen LogP contribution in [0.2, 0.25) is 0 Å². The van der Waals surface area contributed by atoms with Crippen molar-refractivity contribution in [3.8, 4) is 0 Å². The highest BCUT2D eigenvalue weighted by Gasteiger charge is 2.40. The zero-order valence-corrected chi connectivity index (χ0v) is 12.1. The molecule has 0 bridgehead atoms. The standard InChI is InChI=1S/C14H12F5N3O/c1-7-11(12(14(17,18)19)21-22(7)2)13(23)20-6-8-9(15)4-3-5-10(8)16/h3-5H,6H2,1-2H3,(H,20,23). The lowest BCUT2D eigenvalue weighted by Crippen LogP contribution is -2.27. The number of aryl methyl sites for hydroxylation is 1. The van der Waals surface area contributed by atoms with Gasteiger partial charge < -0.3 is 5.32 Å². The van der Waals surface area contributed by atoms with E-state index in [1.165, 1.54) is 14.0 Å². The molecule has 4 nitrogen and oxygen atoms in total. The maximum Gasteiger partial charge on any atom is 0.435 e. The Balaban J connectivity index is 2.29. The molecule has 0 spiro atoms. The second-order valence-electron chi connectivity index (χ2n) is 4.81. The van der Waals surface area contributed by atoms with Gasteiger partial charge in [-0.15, -0.1) is 0 Å². The number of benzene rings is 1. The van der Waals surface area contributed by atoms with Crippen LogP contribution < -0.4 is 5.32 Å². The summed E-state index contributed by atoms with van der Waals surface area (Å²) >= 11 is 0. The third kappa shape index (κ3) is 3.33. The van der Waals surface area contributed by atoms with Crippen LogP contribution in [0, 0.1) is 18.6 Å². The zero-order chi connectivity index (χ0) is 17.4. The van der Waals surface area contributed by atoms with Crippen molar-refractivity contribution >= 4 is 5.91 Å². The minimum absolute atomic E-state index is 0.0103. The van der Waals surface area contributed by atoms with Gasteiger partial charge in [0.15, 0.2) is 5.69 Å². The summed E-state index contributed by atoms with van der Waals surface area (Å²) in [4.78, 5) is 12.0. The molecule has 0 atom stereocenters. The maximum atomic E-state index is 13.5. The van der Waals surface area contributed by atoms with E-state index in [-0.39, 0.29) is 5.69 Å². The molecule has 9 heteroatoms. The molecule has 0 aliphatic carbocycles. The molecule has 0 saturated heterocycles. The maximum absolute atomic E-state index is 13.5. The van der Waals surface area contributed by atoms with Gasteiger partial charge in [-0.3, -0.25) is 9.48 Å². The number of amides is 1. The Morgan fingerprint density at radius 2 is 1.83 bits per heavy atom. The monoisotopic (exact) mass is 333 g/mol. The molecule has 0 aliphatic rings. The summed E-state index contributed by atoms with van der Waals surface area (Å²) in [6, 6.07) is 3.12. The van der Waals surface area contributed by atoms with Crippen molar-refractivity contribution in [3.05, 3.63) is 52.3 Å². The molecule has 1 aromatic heterocycles. The molecular weight excluding hydrogens is 321 g/mol. The highest BCUT2D eigenvalue weighted by Crippen LogP contribution is 2.32. The minimum atomic E-state index is -4.82. The van der Waals surface area contributed by atoms with Gasteiger partial charge in [0.25, 0.3) is 5.91 Å². The van der Waals surface area contributed by atoms with Crippen molar-refractivity contribution in [3.63, 3.8) is 0 Å². The number of halogens is 5.